The lowest BCUT2D eigenvalue weighted by Gasteiger charge is -2.36. The third kappa shape index (κ3) is 3.74. The minimum atomic E-state index is 0.0393. The van der Waals surface area contributed by atoms with Gasteiger partial charge in [-0.25, -0.2) is 0 Å². The Morgan fingerprint density at radius 2 is 1.92 bits per heavy atom. The van der Waals surface area contributed by atoms with Crippen LogP contribution < -0.4 is 10.2 Å². The Balaban J connectivity index is 1.62. The molecule has 1 aliphatic rings. The van der Waals surface area contributed by atoms with Gasteiger partial charge in [0, 0.05) is 50.8 Å². The van der Waals surface area contributed by atoms with E-state index in [1.54, 1.807) is 18.5 Å². The van der Waals surface area contributed by atoms with Crippen molar-refractivity contribution < 1.29 is 4.79 Å². The third-order valence-electron chi connectivity index (χ3n) is 4.12. The minimum Gasteiger partial charge on any atom is -0.380 e. The van der Waals surface area contributed by atoms with Crippen molar-refractivity contribution in [1.82, 2.24) is 9.88 Å². The Kier molecular flexibility index (Phi) is 5.11. The van der Waals surface area contributed by atoms with Crippen LogP contribution in [0.1, 0.15) is 10.4 Å². The van der Waals surface area contributed by atoms with Crippen LogP contribution in [0.3, 0.4) is 0 Å². The number of anilines is 2. The topological polar surface area (TPSA) is 48.5 Å². The first-order valence-electron chi connectivity index (χ1n) is 8.17. The Morgan fingerprint density at radius 3 is 2.62 bits per heavy atom. The van der Waals surface area contributed by atoms with Crippen LogP contribution in [0.4, 0.5) is 11.4 Å². The normalized spacial score (nSPS) is 14.3. The van der Waals surface area contributed by atoms with E-state index in [2.05, 4.69) is 33.9 Å². The van der Waals surface area contributed by atoms with Crippen molar-refractivity contribution >= 4 is 17.3 Å². The van der Waals surface area contributed by atoms with Crippen LogP contribution in [-0.2, 0) is 0 Å². The second kappa shape index (κ2) is 7.64. The molecule has 0 radical (unpaired) electrons. The molecule has 1 saturated heterocycles. The van der Waals surface area contributed by atoms with E-state index >= 15 is 0 Å². The van der Waals surface area contributed by atoms with Crippen LogP contribution in [0.15, 0.2) is 61.4 Å². The number of hydrogen-bond acceptors (Lipinski definition) is 4. The molecule has 0 aliphatic carbocycles. The summed E-state index contributed by atoms with van der Waals surface area (Å²) in [6.07, 6.45) is 5.12. The van der Waals surface area contributed by atoms with E-state index in [1.165, 1.54) is 5.69 Å². The minimum absolute atomic E-state index is 0.0393. The fourth-order valence-electron chi connectivity index (χ4n) is 2.83. The number of hydrogen-bond donors (Lipinski definition) is 1. The molecule has 0 spiro atoms. The van der Waals surface area contributed by atoms with Crippen molar-refractivity contribution in [1.29, 1.82) is 0 Å². The molecule has 0 unspecified atom stereocenters. The van der Waals surface area contributed by atoms with E-state index in [9.17, 15) is 4.79 Å². The number of piperazine rings is 1. The van der Waals surface area contributed by atoms with E-state index < -0.39 is 0 Å². The van der Waals surface area contributed by atoms with E-state index in [0.717, 1.165) is 31.9 Å². The highest BCUT2D eigenvalue weighted by Crippen LogP contribution is 2.17. The molecule has 1 aromatic carbocycles. The van der Waals surface area contributed by atoms with Crippen molar-refractivity contribution in [2.45, 2.75) is 0 Å². The highest BCUT2D eigenvalue weighted by atomic mass is 16.2. The van der Waals surface area contributed by atoms with Gasteiger partial charge in [-0.05, 0) is 18.2 Å². The van der Waals surface area contributed by atoms with Crippen LogP contribution in [-0.4, -0.2) is 48.5 Å². The van der Waals surface area contributed by atoms with Crippen molar-refractivity contribution in [2.24, 2.45) is 0 Å². The maximum Gasteiger partial charge on any atom is 0.255 e. The summed E-state index contributed by atoms with van der Waals surface area (Å²) in [5.41, 5.74) is 2.67. The number of carbonyl (C=O) groups excluding carboxylic acids is 1. The zero-order valence-electron chi connectivity index (χ0n) is 13.7. The van der Waals surface area contributed by atoms with Crippen LogP contribution in [0, 0.1) is 0 Å². The molecule has 1 fully saturated rings. The zero-order chi connectivity index (χ0) is 16.8. The van der Waals surface area contributed by atoms with Crippen LogP contribution >= 0.6 is 0 Å². The molecule has 0 saturated carbocycles. The summed E-state index contributed by atoms with van der Waals surface area (Å²) >= 11 is 0. The lowest BCUT2D eigenvalue weighted by Crippen LogP contribution is -2.48. The summed E-state index contributed by atoms with van der Waals surface area (Å²) in [6, 6.07) is 12.2. The standard InChI is InChI=1S/C19H22N4O/c1-2-8-21-17-13-16(14-20-15-17)19(24)23-11-9-22(10-12-23)18-6-4-3-5-7-18/h2-7,13-15,21H,1,8-12H2. The molecule has 0 bridgehead atoms. The second-order valence-corrected chi connectivity index (χ2v) is 5.75. The maximum absolute atomic E-state index is 12.7. The van der Waals surface area contributed by atoms with E-state index in [4.69, 9.17) is 0 Å². The Labute approximate surface area is 142 Å². The number of pyridine rings is 1. The average Bonchev–Trinajstić information content (AvgIpc) is 2.67. The van der Waals surface area contributed by atoms with Gasteiger partial charge >= 0.3 is 0 Å². The van der Waals surface area contributed by atoms with Gasteiger partial charge in [-0.1, -0.05) is 24.3 Å². The van der Waals surface area contributed by atoms with Crippen LogP contribution in [0.2, 0.25) is 0 Å². The number of carbonyl (C=O) groups is 1. The third-order valence-corrected chi connectivity index (χ3v) is 4.12. The summed E-state index contributed by atoms with van der Waals surface area (Å²) in [5, 5.41) is 3.16. The van der Waals surface area contributed by atoms with E-state index in [-0.39, 0.29) is 5.91 Å². The number of amides is 1. The smallest absolute Gasteiger partial charge is 0.255 e. The summed E-state index contributed by atoms with van der Waals surface area (Å²) < 4.78 is 0. The van der Waals surface area contributed by atoms with Gasteiger partial charge in [0.15, 0.2) is 0 Å². The fraction of sp³-hybridized carbons (Fsp3) is 0.263. The molecule has 5 nitrogen and oxygen atoms in total. The number of nitrogens with zero attached hydrogens (tertiary/aromatic N) is 3. The summed E-state index contributed by atoms with van der Waals surface area (Å²) in [4.78, 5) is 21.1. The van der Waals surface area contributed by atoms with Crippen molar-refractivity contribution in [3.8, 4) is 0 Å². The Bertz CT molecular complexity index is 694. The van der Waals surface area contributed by atoms with E-state index in [0.29, 0.717) is 12.1 Å². The predicted molar refractivity (Wildman–Crippen MR) is 97.5 cm³/mol. The number of rotatable bonds is 5. The quantitative estimate of drug-likeness (QED) is 0.860. The lowest BCUT2D eigenvalue weighted by molar-refractivity contribution is 0.0746. The zero-order valence-corrected chi connectivity index (χ0v) is 13.7. The van der Waals surface area contributed by atoms with Gasteiger partial charge in [0.1, 0.15) is 0 Å². The second-order valence-electron chi connectivity index (χ2n) is 5.75. The van der Waals surface area contributed by atoms with Crippen molar-refractivity contribution in [3.05, 3.63) is 67.0 Å². The van der Waals surface area contributed by atoms with Gasteiger partial charge in [0.25, 0.3) is 5.91 Å². The molecule has 1 amide bonds. The first kappa shape index (κ1) is 16.1. The molecular weight excluding hydrogens is 300 g/mol. The van der Waals surface area contributed by atoms with Crippen LogP contribution in [0.5, 0.6) is 0 Å². The Hall–Kier alpha value is -2.82. The number of benzene rings is 1. The molecule has 24 heavy (non-hydrogen) atoms. The molecular formula is C19H22N4O. The summed E-state index contributed by atoms with van der Waals surface area (Å²) in [7, 11) is 0. The number of para-hydroxylation sites is 1. The van der Waals surface area contributed by atoms with Gasteiger partial charge in [0.2, 0.25) is 0 Å². The molecule has 1 aliphatic heterocycles. The highest BCUT2D eigenvalue weighted by molar-refractivity contribution is 5.95. The molecule has 0 atom stereocenters. The summed E-state index contributed by atoms with van der Waals surface area (Å²) in [6.45, 7) is 7.45. The highest BCUT2D eigenvalue weighted by Gasteiger charge is 2.22. The molecule has 1 N–H and O–H groups in total. The molecule has 2 heterocycles. The SMILES string of the molecule is C=CCNc1cncc(C(=O)N2CCN(c3ccccc3)CC2)c1. The first-order chi connectivity index (χ1) is 11.8. The van der Waals surface area contributed by atoms with E-state index in [1.807, 2.05) is 29.2 Å². The summed E-state index contributed by atoms with van der Waals surface area (Å²) in [5.74, 6) is 0.0393. The average molecular weight is 322 g/mol. The molecule has 3 rings (SSSR count). The largest absolute Gasteiger partial charge is 0.380 e. The first-order valence-corrected chi connectivity index (χ1v) is 8.17. The van der Waals surface area contributed by atoms with Gasteiger partial charge in [-0.2, -0.15) is 0 Å². The van der Waals surface area contributed by atoms with Gasteiger partial charge < -0.3 is 15.1 Å². The van der Waals surface area contributed by atoms with Crippen LogP contribution in [0.25, 0.3) is 0 Å². The Morgan fingerprint density at radius 1 is 1.17 bits per heavy atom. The number of nitrogens with one attached hydrogen (secondary N) is 1. The van der Waals surface area contributed by atoms with Gasteiger partial charge in [0.05, 0.1) is 11.3 Å². The maximum atomic E-state index is 12.7. The molecule has 1 aromatic heterocycles. The number of aromatic nitrogens is 1. The molecule has 2 aromatic rings. The fourth-order valence-corrected chi connectivity index (χ4v) is 2.83. The molecule has 124 valence electrons. The van der Waals surface area contributed by atoms with Crippen molar-refractivity contribution in [3.63, 3.8) is 0 Å². The van der Waals surface area contributed by atoms with Gasteiger partial charge in [-0.15, -0.1) is 6.58 Å². The van der Waals surface area contributed by atoms with Gasteiger partial charge in [-0.3, -0.25) is 9.78 Å². The predicted octanol–water partition coefficient (Wildman–Crippen LogP) is 2.64. The lowest BCUT2D eigenvalue weighted by atomic mass is 10.2. The monoisotopic (exact) mass is 322 g/mol. The van der Waals surface area contributed by atoms with Crippen molar-refractivity contribution in [2.75, 3.05) is 42.9 Å². The molecule has 5 heteroatoms.